The summed E-state index contributed by atoms with van der Waals surface area (Å²) in [5.74, 6) is -0.271. The normalized spacial score (nSPS) is 15.4. The molecule has 1 aromatic heterocycles. The minimum Gasteiger partial charge on any atom is -0.388 e. The molecule has 0 spiro atoms. The van der Waals surface area contributed by atoms with E-state index in [1.54, 1.807) is 18.3 Å². The molecule has 0 saturated carbocycles. The number of hydrogen-bond donors (Lipinski definition) is 1. The van der Waals surface area contributed by atoms with Crippen LogP contribution in [0.15, 0.2) is 18.3 Å². The molecule has 2 heterocycles. The van der Waals surface area contributed by atoms with Gasteiger partial charge in [0.15, 0.2) is 0 Å². The Labute approximate surface area is 104 Å². The van der Waals surface area contributed by atoms with Crippen molar-refractivity contribution in [1.82, 2.24) is 9.88 Å². The molecule has 2 rings (SSSR count). The van der Waals surface area contributed by atoms with Gasteiger partial charge < -0.3 is 5.73 Å². The van der Waals surface area contributed by atoms with Crippen LogP contribution < -0.4 is 5.73 Å². The van der Waals surface area contributed by atoms with Crippen LogP contribution in [0, 0.1) is 0 Å². The Kier molecular flexibility index (Phi) is 3.14. The molecular weight excluding hydrogens is 238 g/mol. The van der Waals surface area contributed by atoms with E-state index in [9.17, 15) is 9.59 Å². The fraction of sp³-hybridized carbons (Fsp3) is 0.273. The largest absolute Gasteiger partial charge is 0.388 e. The monoisotopic (exact) mass is 249 g/mol. The van der Waals surface area contributed by atoms with E-state index in [1.807, 2.05) is 0 Å². The molecule has 0 aliphatic carbocycles. The number of carbonyl (C=O) groups excluding carboxylic acids is 2. The summed E-state index contributed by atoms with van der Waals surface area (Å²) in [7, 11) is 0. The lowest BCUT2D eigenvalue weighted by molar-refractivity contribution is -0.139. The quantitative estimate of drug-likeness (QED) is 0.618. The molecule has 1 aromatic rings. The summed E-state index contributed by atoms with van der Waals surface area (Å²) >= 11 is 4.82. The van der Waals surface area contributed by atoms with Crippen LogP contribution in [0.1, 0.15) is 24.1 Å². The first-order chi connectivity index (χ1) is 8.08. The van der Waals surface area contributed by atoms with E-state index in [1.165, 1.54) is 4.90 Å². The molecule has 5 nitrogen and oxygen atoms in total. The Balaban J connectivity index is 2.18. The average molecular weight is 249 g/mol. The summed E-state index contributed by atoms with van der Waals surface area (Å²) < 4.78 is 0. The number of aromatic nitrogens is 1. The zero-order valence-electron chi connectivity index (χ0n) is 9.05. The topological polar surface area (TPSA) is 76.3 Å². The van der Waals surface area contributed by atoms with Crippen LogP contribution in [0.4, 0.5) is 0 Å². The maximum absolute atomic E-state index is 11.4. The lowest BCUT2D eigenvalue weighted by Crippen LogP contribution is -2.28. The van der Waals surface area contributed by atoms with Gasteiger partial charge in [0.1, 0.15) is 4.99 Å². The van der Waals surface area contributed by atoms with Crippen molar-refractivity contribution in [2.45, 2.75) is 19.4 Å². The molecular formula is C11H11N3O2S. The van der Waals surface area contributed by atoms with Crippen molar-refractivity contribution in [2.75, 3.05) is 0 Å². The van der Waals surface area contributed by atoms with Gasteiger partial charge in [-0.25, -0.2) is 0 Å². The van der Waals surface area contributed by atoms with Crippen molar-refractivity contribution >= 4 is 29.0 Å². The smallest absolute Gasteiger partial charge is 0.229 e. The first kappa shape index (κ1) is 11.7. The van der Waals surface area contributed by atoms with Gasteiger partial charge in [-0.3, -0.25) is 19.5 Å². The number of nitrogens with zero attached hydrogens (tertiary/aromatic N) is 2. The molecule has 0 unspecified atom stereocenters. The second-order valence-corrected chi connectivity index (χ2v) is 4.23. The Morgan fingerprint density at radius 1 is 1.41 bits per heavy atom. The van der Waals surface area contributed by atoms with Gasteiger partial charge in [0.05, 0.1) is 12.2 Å². The maximum Gasteiger partial charge on any atom is 0.229 e. The van der Waals surface area contributed by atoms with E-state index in [2.05, 4.69) is 4.98 Å². The highest BCUT2D eigenvalue weighted by Gasteiger charge is 2.28. The first-order valence-corrected chi connectivity index (χ1v) is 5.56. The van der Waals surface area contributed by atoms with E-state index in [0.717, 1.165) is 5.56 Å². The summed E-state index contributed by atoms with van der Waals surface area (Å²) in [5, 5.41) is 0. The van der Waals surface area contributed by atoms with Crippen molar-refractivity contribution < 1.29 is 9.59 Å². The average Bonchev–Trinajstić information content (AvgIpc) is 2.61. The molecule has 0 atom stereocenters. The fourth-order valence-corrected chi connectivity index (χ4v) is 1.80. The van der Waals surface area contributed by atoms with Crippen molar-refractivity contribution in [1.29, 1.82) is 0 Å². The third kappa shape index (κ3) is 2.47. The maximum atomic E-state index is 11.4. The van der Waals surface area contributed by atoms with Gasteiger partial charge in [-0.05, 0) is 17.7 Å². The highest BCUT2D eigenvalue weighted by Crippen LogP contribution is 2.15. The lowest BCUT2D eigenvalue weighted by atomic mass is 10.2. The molecule has 1 fully saturated rings. The molecule has 1 saturated heterocycles. The number of likely N-dealkylation sites (tertiary alicyclic amines) is 1. The summed E-state index contributed by atoms with van der Waals surface area (Å²) in [5.41, 5.74) is 6.76. The predicted molar refractivity (Wildman–Crippen MR) is 64.9 cm³/mol. The van der Waals surface area contributed by atoms with Crippen molar-refractivity contribution in [3.63, 3.8) is 0 Å². The fourth-order valence-electron chi connectivity index (χ4n) is 1.69. The second-order valence-electron chi connectivity index (χ2n) is 3.79. The van der Waals surface area contributed by atoms with E-state index >= 15 is 0 Å². The van der Waals surface area contributed by atoms with E-state index < -0.39 is 0 Å². The van der Waals surface area contributed by atoms with Gasteiger partial charge in [-0.2, -0.15) is 0 Å². The Morgan fingerprint density at radius 2 is 2.06 bits per heavy atom. The molecule has 0 bridgehead atoms. The number of amides is 2. The molecule has 88 valence electrons. The predicted octanol–water partition coefficient (Wildman–Crippen LogP) is 0.365. The highest BCUT2D eigenvalue weighted by atomic mass is 32.1. The number of thiocarbonyl (C=S) groups is 1. The third-order valence-electron chi connectivity index (χ3n) is 2.57. The standard InChI is InChI=1S/C11H11N3O2S/c12-11(17)8-5-7(3-4-13-8)6-14-9(15)1-2-10(14)16/h3-5H,1-2,6H2,(H2,12,17). The van der Waals surface area contributed by atoms with Crippen LogP contribution in [-0.4, -0.2) is 26.7 Å². The van der Waals surface area contributed by atoms with E-state index in [0.29, 0.717) is 18.5 Å². The number of nitrogens with two attached hydrogens (primary N) is 1. The van der Waals surface area contributed by atoms with Crippen LogP contribution in [0.5, 0.6) is 0 Å². The molecule has 2 amide bonds. The number of rotatable bonds is 3. The third-order valence-corrected chi connectivity index (χ3v) is 2.78. The second kappa shape index (κ2) is 4.58. The van der Waals surface area contributed by atoms with Gasteiger partial charge >= 0.3 is 0 Å². The van der Waals surface area contributed by atoms with Crippen LogP contribution in [0.3, 0.4) is 0 Å². The van der Waals surface area contributed by atoms with Crippen LogP contribution in [-0.2, 0) is 16.1 Å². The molecule has 6 heteroatoms. The minimum absolute atomic E-state index is 0.135. The summed E-state index contributed by atoms with van der Waals surface area (Å²) in [4.78, 5) is 28.3. The van der Waals surface area contributed by atoms with Crippen molar-refractivity contribution in [2.24, 2.45) is 5.73 Å². The Morgan fingerprint density at radius 3 is 2.65 bits per heavy atom. The molecule has 2 N–H and O–H groups in total. The van der Waals surface area contributed by atoms with Crippen molar-refractivity contribution in [3.8, 4) is 0 Å². The van der Waals surface area contributed by atoms with Gasteiger partial charge in [0.2, 0.25) is 11.8 Å². The zero-order valence-corrected chi connectivity index (χ0v) is 9.87. The minimum atomic E-state index is -0.135. The summed E-state index contributed by atoms with van der Waals surface area (Å²) in [6.45, 7) is 0.260. The number of hydrogen-bond acceptors (Lipinski definition) is 4. The van der Waals surface area contributed by atoms with Gasteiger partial charge in [-0.15, -0.1) is 0 Å². The van der Waals surface area contributed by atoms with Crippen LogP contribution >= 0.6 is 12.2 Å². The zero-order chi connectivity index (χ0) is 12.4. The summed E-state index contributed by atoms with van der Waals surface area (Å²) in [6.07, 6.45) is 2.16. The van der Waals surface area contributed by atoms with E-state index in [4.69, 9.17) is 18.0 Å². The van der Waals surface area contributed by atoms with E-state index in [-0.39, 0.29) is 23.3 Å². The Hall–Kier alpha value is -1.82. The molecule has 1 aliphatic rings. The number of imide groups is 1. The molecule has 0 aromatic carbocycles. The van der Waals surface area contributed by atoms with Crippen LogP contribution in [0.25, 0.3) is 0 Å². The van der Waals surface area contributed by atoms with Gasteiger partial charge in [0.25, 0.3) is 0 Å². The van der Waals surface area contributed by atoms with Crippen LogP contribution in [0.2, 0.25) is 0 Å². The molecule has 1 aliphatic heterocycles. The van der Waals surface area contributed by atoms with Crippen molar-refractivity contribution in [3.05, 3.63) is 29.6 Å². The molecule has 17 heavy (non-hydrogen) atoms. The summed E-state index contributed by atoms with van der Waals surface area (Å²) in [6, 6.07) is 3.43. The van der Waals surface area contributed by atoms with Gasteiger partial charge in [-0.1, -0.05) is 12.2 Å². The highest BCUT2D eigenvalue weighted by molar-refractivity contribution is 7.80. The van der Waals surface area contributed by atoms with Gasteiger partial charge in [0, 0.05) is 19.0 Å². The number of carbonyl (C=O) groups is 2. The number of pyridine rings is 1. The Bertz CT molecular complexity index is 485. The first-order valence-electron chi connectivity index (χ1n) is 5.16. The lowest BCUT2D eigenvalue weighted by Gasteiger charge is -2.13. The molecule has 0 radical (unpaired) electrons. The SMILES string of the molecule is NC(=S)c1cc(CN2C(=O)CCC2=O)ccn1.